The minimum atomic E-state index is -0.503. The van der Waals surface area contributed by atoms with Crippen molar-refractivity contribution in [3.05, 3.63) is 39.9 Å². The van der Waals surface area contributed by atoms with Gasteiger partial charge in [-0.05, 0) is 23.4 Å². The Bertz CT molecular complexity index is 1170. The fourth-order valence-electron chi connectivity index (χ4n) is 3.92. The summed E-state index contributed by atoms with van der Waals surface area (Å²) in [5.41, 5.74) is 2.78. The van der Waals surface area contributed by atoms with Gasteiger partial charge < -0.3 is 23.5 Å². The summed E-state index contributed by atoms with van der Waals surface area (Å²) in [5, 5.41) is 5.20. The van der Waals surface area contributed by atoms with Crippen molar-refractivity contribution in [2.45, 2.75) is 12.2 Å². The molecule has 1 aromatic heterocycles. The Labute approximate surface area is 164 Å². The van der Waals surface area contributed by atoms with Gasteiger partial charge in [0.15, 0.2) is 11.5 Å². The highest BCUT2D eigenvalue weighted by Gasteiger charge is 2.37. The van der Waals surface area contributed by atoms with E-state index in [4.69, 9.17) is 23.5 Å². The van der Waals surface area contributed by atoms with E-state index in [1.807, 2.05) is 12.1 Å². The van der Waals surface area contributed by atoms with Crippen LogP contribution in [0.3, 0.4) is 0 Å². The summed E-state index contributed by atoms with van der Waals surface area (Å²) >= 11 is 1.70. The van der Waals surface area contributed by atoms with Gasteiger partial charge in [-0.15, -0.1) is 11.8 Å². The Morgan fingerprint density at radius 1 is 1.21 bits per heavy atom. The third-order valence-corrected chi connectivity index (χ3v) is 6.18. The molecule has 2 aliphatic rings. The largest absolute Gasteiger partial charge is 0.497 e. The van der Waals surface area contributed by atoms with Crippen LogP contribution in [0.4, 0.5) is 0 Å². The highest BCUT2D eigenvalue weighted by atomic mass is 32.2. The van der Waals surface area contributed by atoms with Crippen molar-refractivity contribution in [1.29, 1.82) is 0 Å². The van der Waals surface area contributed by atoms with Crippen LogP contribution in [0.25, 0.3) is 21.9 Å². The lowest BCUT2D eigenvalue weighted by atomic mass is 9.84. The average Bonchev–Trinajstić information content (AvgIpc) is 3.19. The molecule has 1 unspecified atom stereocenters. The first-order valence-electron chi connectivity index (χ1n) is 8.82. The first kappa shape index (κ1) is 17.2. The van der Waals surface area contributed by atoms with Crippen molar-refractivity contribution in [3.8, 4) is 34.1 Å². The molecule has 144 valence electrons. The van der Waals surface area contributed by atoms with Crippen LogP contribution in [-0.4, -0.2) is 31.9 Å². The predicted molar refractivity (Wildman–Crippen MR) is 105 cm³/mol. The first-order valence-corrected chi connectivity index (χ1v) is 9.86. The summed E-state index contributed by atoms with van der Waals surface area (Å²) in [4.78, 5) is 12.5. The van der Waals surface area contributed by atoms with Crippen molar-refractivity contribution >= 4 is 22.5 Å². The number of thioether (sulfide) groups is 1. The van der Waals surface area contributed by atoms with E-state index in [9.17, 15) is 4.79 Å². The van der Waals surface area contributed by atoms with Gasteiger partial charge in [0.25, 0.3) is 0 Å². The molecule has 0 N–H and O–H groups in total. The number of ether oxygens (including phenoxy) is 4. The van der Waals surface area contributed by atoms with Gasteiger partial charge in [0.05, 0.1) is 24.9 Å². The van der Waals surface area contributed by atoms with E-state index in [2.05, 4.69) is 12.1 Å². The van der Waals surface area contributed by atoms with E-state index < -0.39 is 5.63 Å². The fourth-order valence-corrected chi connectivity index (χ4v) is 4.98. The van der Waals surface area contributed by atoms with Crippen LogP contribution in [0.2, 0.25) is 0 Å². The number of nitrogens with zero attached hydrogens (tertiary/aromatic N) is 1. The molecule has 8 heteroatoms. The molecular formula is C20H17NO6S. The molecule has 0 saturated carbocycles. The predicted octanol–water partition coefficient (Wildman–Crippen LogP) is 3.76. The summed E-state index contributed by atoms with van der Waals surface area (Å²) in [6, 6.07) is 5.47. The molecule has 0 radical (unpaired) electrons. The van der Waals surface area contributed by atoms with E-state index >= 15 is 0 Å². The van der Waals surface area contributed by atoms with Gasteiger partial charge in [0.1, 0.15) is 17.2 Å². The van der Waals surface area contributed by atoms with Crippen LogP contribution in [0.15, 0.2) is 27.5 Å². The number of hydrogen-bond acceptors (Lipinski definition) is 8. The summed E-state index contributed by atoms with van der Waals surface area (Å²) in [6.45, 7) is 2.17. The number of benzene rings is 2. The van der Waals surface area contributed by atoms with Crippen LogP contribution in [0.1, 0.15) is 23.4 Å². The second-order valence-electron chi connectivity index (χ2n) is 6.39. The van der Waals surface area contributed by atoms with Crippen LogP contribution >= 0.6 is 11.8 Å². The Morgan fingerprint density at radius 3 is 2.82 bits per heavy atom. The first-order chi connectivity index (χ1) is 13.7. The molecule has 1 aliphatic heterocycles. The van der Waals surface area contributed by atoms with Crippen LogP contribution in [0, 0.1) is 0 Å². The van der Waals surface area contributed by atoms with E-state index in [1.165, 1.54) is 0 Å². The maximum absolute atomic E-state index is 12.5. The zero-order chi connectivity index (χ0) is 19.4. The molecular weight excluding hydrogens is 382 g/mol. The van der Waals surface area contributed by atoms with Crippen molar-refractivity contribution in [2.75, 3.05) is 26.8 Å². The molecule has 28 heavy (non-hydrogen) atoms. The molecule has 1 aliphatic carbocycles. The summed E-state index contributed by atoms with van der Waals surface area (Å²) < 4.78 is 27.7. The van der Waals surface area contributed by atoms with Crippen molar-refractivity contribution in [3.63, 3.8) is 0 Å². The Morgan fingerprint density at radius 2 is 2.07 bits per heavy atom. The van der Waals surface area contributed by atoms with Crippen molar-refractivity contribution in [1.82, 2.24) is 5.16 Å². The quantitative estimate of drug-likeness (QED) is 0.656. The number of rotatable bonds is 4. The lowest BCUT2D eigenvalue weighted by molar-refractivity contribution is 0.174. The Kier molecular flexibility index (Phi) is 3.90. The summed E-state index contributed by atoms with van der Waals surface area (Å²) in [6.07, 6.45) is 0. The molecule has 0 saturated heterocycles. The third kappa shape index (κ3) is 2.24. The van der Waals surface area contributed by atoms with Gasteiger partial charge >= 0.3 is 5.63 Å². The third-order valence-electron chi connectivity index (χ3n) is 5.05. The average molecular weight is 399 g/mol. The summed E-state index contributed by atoms with van der Waals surface area (Å²) in [7, 11) is 3.23. The Hall–Kier alpha value is -2.87. The molecule has 3 aromatic rings. The van der Waals surface area contributed by atoms with Gasteiger partial charge in [-0.2, -0.15) is 0 Å². The van der Waals surface area contributed by atoms with E-state index in [0.717, 1.165) is 27.8 Å². The van der Waals surface area contributed by atoms with Gasteiger partial charge in [-0.1, -0.05) is 12.1 Å². The normalized spacial score (nSPS) is 16.2. The molecule has 0 amide bonds. The molecule has 2 heterocycles. The van der Waals surface area contributed by atoms with Crippen LogP contribution in [0.5, 0.6) is 23.0 Å². The van der Waals surface area contributed by atoms with Crippen molar-refractivity contribution < 1.29 is 23.5 Å². The number of aromatic nitrogens is 1. The highest BCUT2D eigenvalue weighted by Crippen LogP contribution is 2.57. The smallest absolute Gasteiger partial charge is 0.366 e. The SMILES string of the molecule is CCSC1c2c(OC)cc(OC)cc2-c2c3c(cc4c(=O)onc1c24)OCO3. The standard InChI is InChI=1S/C20H17NO6S/c1-4-28-19-14-10(5-9(23-2)6-12(14)24-3)16-15-11(20(22)27-21-17(15)19)7-13-18(16)26-8-25-13/h5-7,19H,4,8H2,1-3H3. The molecule has 5 rings (SSSR count). The van der Waals surface area contributed by atoms with Gasteiger partial charge in [-0.25, -0.2) is 4.79 Å². The minimum Gasteiger partial charge on any atom is -0.497 e. The van der Waals surface area contributed by atoms with E-state index in [0.29, 0.717) is 34.1 Å². The lowest BCUT2D eigenvalue weighted by Crippen LogP contribution is -2.15. The van der Waals surface area contributed by atoms with Gasteiger partial charge in [0.2, 0.25) is 6.79 Å². The molecule has 7 nitrogen and oxygen atoms in total. The Balaban J connectivity index is 2.00. The lowest BCUT2D eigenvalue weighted by Gasteiger charge is -2.28. The monoisotopic (exact) mass is 399 g/mol. The minimum absolute atomic E-state index is 0.0936. The number of methoxy groups -OCH3 is 2. The topological polar surface area (TPSA) is 80.0 Å². The second-order valence-corrected chi connectivity index (χ2v) is 7.77. The van der Waals surface area contributed by atoms with Crippen molar-refractivity contribution in [2.24, 2.45) is 0 Å². The molecule has 0 spiro atoms. The van der Waals surface area contributed by atoms with Crippen LogP contribution < -0.4 is 24.6 Å². The van der Waals surface area contributed by atoms with Gasteiger partial charge in [-0.3, -0.25) is 0 Å². The van der Waals surface area contributed by atoms with Gasteiger partial charge in [0, 0.05) is 22.6 Å². The zero-order valence-electron chi connectivity index (χ0n) is 15.5. The highest BCUT2D eigenvalue weighted by molar-refractivity contribution is 7.99. The summed E-state index contributed by atoms with van der Waals surface area (Å²) in [5.74, 6) is 3.30. The fraction of sp³-hybridized carbons (Fsp3) is 0.300. The maximum Gasteiger partial charge on any atom is 0.366 e. The maximum atomic E-state index is 12.5. The zero-order valence-corrected chi connectivity index (χ0v) is 16.3. The molecule has 2 aromatic carbocycles. The molecule has 0 fully saturated rings. The number of hydrogen-bond donors (Lipinski definition) is 0. The number of fused-ring (bicyclic) bond motifs is 4. The van der Waals surface area contributed by atoms with Crippen LogP contribution in [-0.2, 0) is 0 Å². The molecule has 1 atom stereocenters. The second kappa shape index (κ2) is 6.34. The van der Waals surface area contributed by atoms with E-state index in [1.54, 1.807) is 32.0 Å². The van der Waals surface area contributed by atoms with E-state index in [-0.39, 0.29) is 12.0 Å². The molecule has 0 bridgehead atoms.